The van der Waals surface area contributed by atoms with Crippen LogP contribution >= 0.6 is 0 Å². The van der Waals surface area contributed by atoms with E-state index in [1.54, 1.807) is 0 Å². The summed E-state index contributed by atoms with van der Waals surface area (Å²) in [6.07, 6.45) is -2.39. The Labute approximate surface area is 150 Å². The van der Waals surface area contributed by atoms with Crippen LogP contribution in [0.25, 0.3) is 0 Å². The molecule has 0 amide bonds. The highest BCUT2D eigenvalue weighted by Crippen LogP contribution is 2.42. The first kappa shape index (κ1) is 9.07. The van der Waals surface area contributed by atoms with E-state index in [1.165, 1.54) is 19.2 Å². The number of rotatable bonds is 4. The monoisotopic (exact) mass is 325 g/mol. The lowest BCUT2D eigenvalue weighted by molar-refractivity contribution is -0.129. The van der Waals surface area contributed by atoms with Gasteiger partial charge in [0, 0.05) is 36.9 Å². The molecule has 0 saturated carbocycles. The summed E-state index contributed by atoms with van der Waals surface area (Å²) in [7, 11) is -1.56. The second-order valence-electron chi connectivity index (χ2n) is 6.41. The lowest BCUT2D eigenvalue weighted by atomic mass is 9.80. The fourth-order valence-electron chi connectivity index (χ4n) is 3.24. The molecule has 3 rings (SSSR count). The fourth-order valence-corrected chi connectivity index (χ4v) is 3.24. The number of hydrogen-bond acceptors (Lipinski definition) is 4. The van der Waals surface area contributed by atoms with E-state index in [2.05, 4.69) is 0 Å². The summed E-state index contributed by atoms with van der Waals surface area (Å²) in [4.78, 5) is 14.0. The molecule has 0 aromatic heterocycles. The molecule has 23 heavy (non-hydrogen) atoms. The van der Waals surface area contributed by atoms with Crippen LogP contribution in [0.2, 0.25) is 0 Å². The predicted octanol–water partition coefficient (Wildman–Crippen LogP) is 3.24. The standard InChI is InChI=1S/C19H27NO3/c1-12(2)7-14-11-20-6-5-13-8-18(22-3)19(23-4)9-15(13)16(20)10-17(14)21/h8-9,12,14,16H,5-7,10-11H2,1-4H3/i4D3,5D2,6D2,16D. The largest absolute Gasteiger partial charge is 0.493 e. The highest BCUT2D eigenvalue weighted by molar-refractivity contribution is 5.83. The van der Waals surface area contributed by atoms with Gasteiger partial charge in [-0.2, -0.15) is 0 Å². The molecule has 1 fully saturated rings. The van der Waals surface area contributed by atoms with E-state index in [0.717, 1.165) is 4.90 Å². The maximum atomic E-state index is 12.9. The minimum Gasteiger partial charge on any atom is -0.493 e. The van der Waals surface area contributed by atoms with Gasteiger partial charge in [0.25, 0.3) is 0 Å². The third kappa shape index (κ3) is 3.09. The summed E-state index contributed by atoms with van der Waals surface area (Å²) < 4.78 is 75.8. The summed E-state index contributed by atoms with van der Waals surface area (Å²) in [6, 6.07) is 0.463. The third-order valence-electron chi connectivity index (χ3n) is 4.33. The van der Waals surface area contributed by atoms with Gasteiger partial charge < -0.3 is 9.47 Å². The molecule has 2 unspecified atom stereocenters. The number of carbonyl (C=O) groups excluding carboxylic acids is 1. The van der Waals surface area contributed by atoms with Crippen LogP contribution < -0.4 is 9.47 Å². The molecule has 2 heterocycles. The van der Waals surface area contributed by atoms with Crippen LogP contribution in [0.3, 0.4) is 0 Å². The van der Waals surface area contributed by atoms with Gasteiger partial charge in [0.1, 0.15) is 5.78 Å². The molecule has 4 heteroatoms. The highest BCUT2D eigenvalue weighted by Gasteiger charge is 2.38. The van der Waals surface area contributed by atoms with Gasteiger partial charge >= 0.3 is 0 Å². The molecule has 0 radical (unpaired) electrons. The number of Topliss-reactive ketones (excluding diaryl/α,β-unsaturated/α-hetero) is 1. The zero-order valence-electron chi connectivity index (χ0n) is 21.6. The van der Waals surface area contributed by atoms with Crippen LogP contribution in [-0.2, 0) is 11.2 Å². The van der Waals surface area contributed by atoms with Crippen molar-refractivity contribution in [1.29, 1.82) is 0 Å². The van der Waals surface area contributed by atoms with Crippen molar-refractivity contribution < 1.29 is 25.2 Å². The van der Waals surface area contributed by atoms with Gasteiger partial charge in [-0.1, -0.05) is 13.8 Å². The minimum absolute atomic E-state index is 0.00372. The maximum Gasteiger partial charge on any atom is 0.161 e. The molecule has 1 aromatic carbocycles. The second kappa shape index (κ2) is 6.52. The molecule has 0 N–H and O–H groups in total. The number of ether oxygens (including phenoxy) is 2. The highest BCUT2D eigenvalue weighted by atomic mass is 16.5. The Bertz CT molecular complexity index is 886. The first-order valence-corrected chi connectivity index (χ1v) is 7.77. The summed E-state index contributed by atoms with van der Waals surface area (Å²) >= 11 is 0. The van der Waals surface area contributed by atoms with E-state index in [4.69, 9.17) is 20.4 Å². The number of nitrogens with zero attached hydrogens (tertiary/aromatic N) is 1. The maximum absolute atomic E-state index is 12.9. The van der Waals surface area contributed by atoms with Crippen molar-refractivity contribution in [2.24, 2.45) is 11.8 Å². The zero-order valence-corrected chi connectivity index (χ0v) is 13.6. The van der Waals surface area contributed by atoms with Gasteiger partial charge in [-0.05, 0) is 42.0 Å². The number of hydrogen-bond donors (Lipinski definition) is 0. The Morgan fingerprint density at radius 2 is 2.22 bits per heavy atom. The van der Waals surface area contributed by atoms with Crippen molar-refractivity contribution in [2.45, 2.75) is 39.1 Å². The first-order valence-electron chi connectivity index (χ1n) is 11.8. The number of aryl methyl sites for hydroxylation is 1. The normalized spacial score (nSPS) is 37.6. The van der Waals surface area contributed by atoms with Crippen LogP contribution in [0.4, 0.5) is 0 Å². The summed E-state index contributed by atoms with van der Waals surface area (Å²) in [6.45, 7) is 1.20. The van der Waals surface area contributed by atoms with Crippen LogP contribution in [0.5, 0.6) is 11.5 Å². The average Bonchev–Trinajstić information content (AvgIpc) is 2.60. The molecule has 1 saturated heterocycles. The Balaban J connectivity index is 2.23. The Hall–Kier alpha value is -1.55. The molecule has 2 atom stereocenters. The first-order chi connectivity index (χ1) is 14.0. The van der Waals surface area contributed by atoms with E-state index >= 15 is 0 Å². The van der Waals surface area contributed by atoms with E-state index in [9.17, 15) is 4.79 Å². The molecule has 0 bridgehead atoms. The molecule has 126 valence electrons. The molecule has 4 nitrogen and oxygen atoms in total. The van der Waals surface area contributed by atoms with Crippen LogP contribution in [-0.4, -0.2) is 37.9 Å². The molecule has 1 aromatic rings. The van der Waals surface area contributed by atoms with Gasteiger partial charge in [-0.25, -0.2) is 0 Å². The average molecular weight is 325 g/mol. The van der Waals surface area contributed by atoms with Crippen molar-refractivity contribution in [3.63, 3.8) is 0 Å². The van der Waals surface area contributed by atoms with Crippen molar-refractivity contribution >= 4 is 5.78 Å². The SMILES string of the molecule is [2H]C([2H])([2H])Oc1cc2c(cc1OC)C([2H])([2H])C([2H])([2H])N1CC(CC(C)C)C(=O)CC21[2H]. The number of benzene rings is 1. The van der Waals surface area contributed by atoms with Gasteiger partial charge in [-0.15, -0.1) is 0 Å². The molecular weight excluding hydrogens is 290 g/mol. The Kier molecular flexibility index (Phi) is 2.57. The number of methoxy groups -OCH3 is 2. The number of carbonyl (C=O) groups is 1. The Morgan fingerprint density at radius 1 is 1.43 bits per heavy atom. The zero-order chi connectivity index (χ0) is 23.6. The van der Waals surface area contributed by atoms with Crippen LogP contribution in [0.1, 0.15) is 54.8 Å². The Morgan fingerprint density at radius 3 is 2.91 bits per heavy atom. The predicted molar refractivity (Wildman–Crippen MR) is 90.1 cm³/mol. The number of fused-ring (bicyclic) bond motifs is 3. The van der Waals surface area contributed by atoms with Crippen molar-refractivity contribution in [3.05, 3.63) is 23.3 Å². The number of piperidine rings is 1. The molecular formula is C19H27NO3. The molecule has 2 aliphatic rings. The minimum atomic E-state index is -2.82. The van der Waals surface area contributed by atoms with Crippen molar-refractivity contribution in [2.75, 3.05) is 27.2 Å². The third-order valence-corrected chi connectivity index (χ3v) is 4.33. The van der Waals surface area contributed by atoms with Gasteiger partial charge in [0.2, 0.25) is 0 Å². The van der Waals surface area contributed by atoms with Crippen molar-refractivity contribution in [3.8, 4) is 11.5 Å². The fraction of sp³-hybridized carbons (Fsp3) is 0.632. The topological polar surface area (TPSA) is 38.8 Å². The van der Waals surface area contributed by atoms with Gasteiger partial charge in [-0.3, -0.25) is 9.69 Å². The van der Waals surface area contributed by atoms with Crippen molar-refractivity contribution in [1.82, 2.24) is 4.90 Å². The quantitative estimate of drug-likeness (QED) is 0.852. The van der Waals surface area contributed by atoms with E-state index in [1.807, 2.05) is 13.8 Å². The second-order valence-corrected chi connectivity index (χ2v) is 6.41. The lowest BCUT2D eigenvalue weighted by Gasteiger charge is -2.43. The summed E-state index contributed by atoms with van der Waals surface area (Å²) in [5, 5.41) is 0. The number of ketones is 1. The van der Waals surface area contributed by atoms with E-state index in [-0.39, 0.29) is 47.3 Å². The van der Waals surface area contributed by atoms with E-state index in [0.29, 0.717) is 6.42 Å². The van der Waals surface area contributed by atoms with E-state index < -0.39 is 31.8 Å². The van der Waals surface area contributed by atoms with Gasteiger partial charge in [0.05, 0.1) is 19.6 Å². The smallest absolute Gasteiger partial charge is 0.161 e. The molecule has 0 aliphatic carbocycles. The van der Waals surface area contributed by atoms with Crippen LogP contribution in [0, 0.1) is 11.8 Å². The molecule has 2 aliphatic heterocycles. The summed E-state index contributed by atoms with van der Waals surface area (Å²) in [5.41, 5.74) is -0.155. The molecule has 0 spiro atoms. The summed E-state index contributed by atoms with van der Waals surface area (Å²) in [5.74, 6) is -0.842. The van der Waals surface area contributed by atoms with Crippen LogP contribution in [0.15, 0.2) is 12.1 Å². The lowest BCUT2D eigenvalue weighted by Crippen LogP contribution is -2.46. The van der Waals surface area contributed by atoms with Gasteiger partial charge in [0.15, 0.2) is 11.5 Å².